The Kier molecular flexibility index (Phi) is 4.89. The summed E-state index contributed by atoms with van der Waals surface area (Å²) in [6.07, 6.45) is 0. The van der Waals surface area contributed by atoms with Crippen LogP contribution in [0.25, 0.3) is 0 Å². The quantitative estimate of drug-likeness (QED) is 0.834. The fraction of sp³-hybridized carbons (Fsp3) is 0.429. The molecule has 1 heterocycles. The summed E-state index contributed by atoms with van der Waals surface area (Å²) in [5.74, 6) is -3.49. The third kappa shape index (κ3) is 4.11. The standard InChI is InChI=1S/C7H7BrClF2NO3S2/c8-6-4(9)1-5(16-6)17(14,15)12-2-7(10,11)3-13/h1,12-13H,2-3H2. The predicted molar refractivity (Wildman–Crippen MR) is 64.3 cm³/mol. The molecule has 4 nitrogen and oxygen atoms in total. The van der Waals surface area contributed by atoms with E-state index in [4.69, 9.17) is 16.7 Å². The highest BCUT2D eigenvalue weighted by molar-refractivity contribution is 9.11. The van der Waals surface area contributed by atoms with Crippen molar-refractivity contribution in [3.05, 3.63) is 14.9 Å². The number of hydrogen-bond acceptors (Lipinski definition) is 4. The summed E-state index contributed by atoms with van der Waals surface area (Å²) in [5, 5.41) is 8.48. The summed E-state index contributed by atoms with van der Waals surface area (Å²) in [6, 6.07) is 1.15. The second-order valence-electron chi connectivity index (χ2n) is 3.03. The van der Waals surface area contributed by atoms with E-state index in [-0.39, 0.29) is 9.23 Å². The highest BCUT2D eigenvalue weighted by Gasteiger charge is 2.30. The summed E-state index contributed by atoms with van der Waals surface area (Å²) >= 11 is 9.46. The molecule has 0 amide bonds. The molecule has 1 aromatic heterocycles. The molecule has 0 saturated carbocycles. The van der Waals surface area contributed by atoms with Crippen molar-refractivity contribution >= 4 is 48.9 Å². The molecule has 1 rings (SSSR count). The average molecular weight is 371 g/mol. The van der Waals surface area contributed by atoms with Crippen LogP contribution in [-0.4, -0.2) is 32.6 Å². The van der Waals surface area contributed by atoms with E-state index in [9.17, 15) is 17.2 Å². The molecular formula is C7H7BrClF2NO3S2. The lowest BCUT2D eigenvalue weighted by molar-refractivity contribution is -0.0437. The van der Waals surface area contributed by atoms with Gasteiger partial charge in [0, 0.05) is 0 Å². The first-order valence-electron chi connectivity index (χ1n) is 4.11. The molecule has 0 atom stereocenters. The Morgan fingerprint density at radius 3 is 2.59 bits per heavy atom. The van der Waals surface area contributed by atoms with Gasteiger partial charge in [-0.3, -0.25) is 0 Å². The molecule has 2 N–H and O–H groups in total. The molecule has 1 aromatic rings. The van der Waals surface area contributed by atoms with Crippen LogP contribution in [-0.2, 0) is 10.0 Å². The maximum absolute atomic E-state index is 12.7. The van der Waals surface area contributed by atoms with Crippen molar-refractivity contribution in [3.8, 4) is 0 Å². The molecular weight excluding hydrogens is 364 g/mol. The monoisotopic (exact) mass is 369 g/mol. The van der Waals surface area contributed by atoms with E-state index in [1.807, 2.05) is 0 Å². The summed E-state index contributed by atoms with van der Waals surface area (Å²) < 4.78 is 50.4. The van der Waals surface area contributed by atoms with Gasteiger partial charge in [-0.15, -0.1) is 11.3 Å². The first kappa shape index (κ1) is 15.3. The SMILES string of the molecule is O=S(=O)(NCC(F)(F)CO)c1cc(Cl)c(Br)s1. The maximum Gasteiger partial charge on any atom is 0.283 e. The van der Waals surface area contributed by atoms with Crippen molar-refractivity contribution in [2.24, 2.45) is 0 Å². The molecule has 0 aliphatic rings. The highest BCUT2D eigenvalue weighted by atomic mass is 79.9. The van der Waals surface area contributed by atoms with Crippen LogP contribution >= 0.6 is 38.9 Å². The Labute approximate surface area is 114 Å². The fourth-order valence-corrected chi connectivity index (χ4v) is 4.29. The molecule has 0 aromatic carbocycles. The van der Waals surface area contributed by atoms with Gasteiger partial charge in [-0.1, -0.05) is 11.6 Å². The molecule has 0 unspecified atom stereocenters. The Balaban J connectivity index is 2.83. The van der Waals surface area contributed by atoms with Gasteiger partial charge in [-0.25, -0.2) is 21.9 Å². The molecule has 0 saturated heterocycles. The van der Waals surface area contributed by atoms with Crippen molar-refractivity contribution < 1.29 is 22.3 Å². The number of rotatable bonds is 5. The van der Waals surface area contributed by atoms with E-state index in [1.54, 1.807) is 4.72 Å². The lowest BCUT2D eigenvalue weighted by Crippen LogP contribution is -2.38. The zero-order chi connectivity index (χ0) is 13.3. The number of hydrogen-bond donors (Lipinski definition) is 2. The van der Waals surface area contributed by atoms with E-state index in [0.717, 1.165) is 17.4 Å². The lowest BCUT2D eigenvalue weighted by atomic mass is 10.4. The molecule has 17 heavy (non-hydrogen) atoms. The van der Waals surface area contributed by atoms with Gasteiger partial charge in [0.25, 0.3) is 5.92 Å². The van der Waals surface area contributed by atoms with Gasteiger partial charge in [-0.05, 0) is 22.0 Å². The smallest absolute Gasteiger partial charge is 0.283 e. The van der Waals surface area contributed by atoms with Crippen LogP contribution in [0.4, 0.5) is 8.78 Å². The molecule has 0 spiro atoms. The van der Waals surface area contributed by atoms with Crippen molar-refractivity contribution in [2.75, 3.05) is 13.2 Å². The summed E-state index contributed by atoms with van der Waals surface area (Å²) in [6.45, 7) is -2.59. The zero-order valence-electron chi connectivity index (χ0n) is 8.08. The molecule has 0 aliphatic heterocycles. The molecule has 0 radical (unpaired) electrons. The van der Waals surface area contributed by atoms with E-state index in [2.05, 4.69) is 15.9 Å². The van der Waals surface area contributed by atoms with Gasteiger partial charge < -0.3 is 5.11 Å². The topological polar surface area (TPSA) is 66.4 Å². The molecule has 98 valence electrons. The minimum Gasteiger partial charge on any atom is -0.390 e. The Morgan fingerprint density at radius 2 is 2.18 bits per heavy atom. The molecule has 0 bridgehead atoms. The van der Waals surface area contributed by atoms with E-state index in [1.165, 1.54) is 0 Å². The van der Waals surface area contributed by atoms with Crippen molar-refractivity contribution in [1.29, 1.82) is 0 Å². The van der Waals surface area contributed by atoms with Crippen LogP contribution in [0.5, 0.6) is 0 Å². The first-order chi connectivity index (χ1) is 7.68. The number of alkyl halides is 2. The predicted octanol–water partition coefficient (Wildman–Crippen LogP) is 2.07. The van der Waals surface area contributed by atoms with Gasteiger partial charge in [0.05, 0.1) is 15.4 Å². The summed E-state index contributed by atoms with van der Waals surface area (Å²) in [7, 11) is -4.04. The van der Waals surface area contributed by atoms with Crippen molar-refractivity contribution in [1.82, 2.24) is 4.72 Å². The van der Waals surface area contributed by atoms with Crippen LogP contribution in [0.1, 0.15) is 0 Å². The number of aliphatic hydroxyl groups excluding tert-OH is 1. The third-order valence-electron chi connectivity index (χ3n) is 1.64. The minimum absolute atomic E-state index is 0.178. The summed E-state index contributed by atoms with van der Waals surface area (Å²) in [5.41, 5.74) is 0. The number of halogens is 4. The number of aliphatic hydroxyl groups is 1. The van der Waals surface area contributed by atoms with E-state index >= 15 is 0 Å². The van der Waals surface area contributed by atoms with Crippen LogP contribution in [0.15, 0.2) is 14.1 Å². The normalized spacial score (nSPS) is 13.0. The average Bonchev–Trinajstić information content (AvgIpc) is 2.58. The van der Waals surface area contributed by atoms with Crippen LogP contribution < -0.4 is 4.72 Å². The van der Waals surface area contributed by atoms with Crippen molar-refractivity contribution in [2.45, 2.75) is 10.1 Å². The van der Waals surface area contributed by atoms with Crippen molar-refractivity contribution in [3.63, 3.8) is 0 Å². The van der Waals surface area contributed by atoms with Gasteiger partial charge >= 0.3 is 0 Å². The van der Waals surface area contributed by atoms with Gasteiger partial charge in [-0.2, -0.15) is 0 Å². The zero-order valence-corrected chi connectivity index (χ0v) is 12.1. The third-order valence-corrected chi connectivity index (χ3v) is 5.99. The Bertz CT molecular complexity index is 486. The number of thiophene rings is 1. The van der Waals surface area contributed by atoms with Gasteiger partial charge in [0.2, 0.25) is 10.0 Å². The van der Waals surface area contributed by atoms with Crippen LogP contribution in [0.3, 0.4) is 0 Å². The fourth-order valence-electron chi connectivity index (χ4n) is 0.787. The molecule has 0 aliphatic carbocycles. The Morgan fingerprint density at radius 1 is 1.59 bits per heavy atom. The molecule has 0 fully saturated rings. The Hall–Kier alpha value is 0.200. The van der Waals surface area contributed by atoms with Crippen LogP contribution in [0, 0.1) is 0 Å². The minimum atomic E-state index is -4.04. The maximum atomic E-state index is 12.7. The van der Waals surface area contributed by atoms with Crippen LogP contribution in [0.2, 0.25) is 5.02 Å². The first-order valence-corrected chi connectivity index (χ1v) is 7.58. The second-order valence-corrected chi connectivity index (χ2v) is 7.80. The highest BCUT2D eigenvalue weighted by Crippen LogP contribution is 2.34. The van der Waals surface area contributed by atoms with E-state index < -0.39 is 29.1 Å². The van der Waals surface area contributed by atoms with Gasteiger partial charge in [0.1, 0.15) is 10.8 Å². The van der Waals surface area contributed by atoms with Gasteiger partial charge in [0.15, 0.2) is 0 Å². The second kappa shape index (κ2) is 5.45. The summed E-state index contributed by atoms with van der Waals surface area (Å²) in [4.78, 5) is 0. The molecule has 10 heteroatoms. The van der Waals surface area contributed by atoms with E-state index in [0.29, 0.717) is 3.79 Å². The largest absolute Gasteiger partial charge is 0.390 e. The number of nitrogens with one attached hydrogen (secondary N) is 1. The lowest BCUT2D eigenvalue weighted by Gasteiger charge is -2.13. The number of sulfonamides is 1.